The molecule has 0 atom stereocenters. The minimum Gasteiger partial charge on any atom is -0.480 e. The summed E-state index contributed by atoms with van der Waals surface area (Å²) in [6.45, 7) is -1.18. The van der Waals surface area contributed by atoms with E-state index >= 15 is 0 Å². The van der Waals surface area contributed by atoms with Crippen molar-refractivity contribution in [3.05, 3.63) is 28.2 Å². The standard InChI is InChI=1S/C11H10Cl2N2O5/c12-6-2-1-3-7(10(6)13)14-11(19)15-8(16)4-20-5-9(17)18/h1-3H,4-5H2,(H,17,18)(H2,14,15,16,19). The number of carboxylic acids is 1. The van der Waals surface area contributed by atoms with Crippen molar-refractivity contribution in [2.24, 2.45) is 0 Å². The van der Waals surface area contributed by atoms with Crippen molar-refractivity contribution in [1.82, 2.24) is 5.32 Å². The maximum Gasteiger partial charge on any atom is 0.329 e. The molecule has 3 N–H and O–H groups in total. The van der Waals surface area contributed by atoms with Gasteiger partial charge in [-0.05, 0) is 12.1 Å². The van der Waals surface area contributed by atoms with Crippen LogP contribution in [0.2, 0.25) is 10.0 Å². The quantitative estimate of drug-likeness (QED) is 0.766. The van der Waals surface area contributed by atoms with Crippen LogP contribution >= 0.6 is 23.2 Å². The first-order chi connectivity index (χ1) is 9.40. The number of halogens is 2. The molecule has 0 unspecified atom stereocenters. The largest absolute Gasteiger partial charge is 0.480 e. The van der Waals surface area contributed by atoms with E-state index in [2.05, 4.69) is 10.1 Å². The van der Waals surface area contributed by atoms with E-state index in [1.165, 1.54) is 12.1 Å². The Bertz CT molecular complexity index is 536. The number of hydrogen-bond acceptors (Lipinski definition) is 4. The van der Waals surface area contributed by atoms with Crippen molar-refractivity contribution in [2.75, 3.05) is 18.5 Å². The lowest BCUT2D eigenvalue weighted by Gasteiger charge is -2.08. The Morgan fingerprint density at radius 1 is 1.20 bits per heavy atom. The summed E-state index contributed by atoms with van der Waals surface area (Å²) in [5.41, 5.74) is 0.232. The first-order valence-electron chi connectivity index (χ1n) is 5.24. The number of aliphatic carboxylic acids is 1. The van der Waals surface area contributed by atoms with Gasteiger partial charge in [0.1, 0.15) is 13.2 Å². The normalized spacial score (nSPS) is 9.90. The van der Waals surface area contributed by atoms with Gasteiger partial charge in [-0.3, -0.25) is 10.1 Å². The molecule has 0 saturated carbocycles. The number of amides is 3. The zero-order valence-corrected chi connectivity index (χ0v) is 11.5. The second-order valence-electron chi connectivity index (χ2n) is 3.49. The Hall–Kier alpha value is -1.83. The number of anilines is 1. The van der Waals surface area contributed by atoms with Crippen LogP contribution in [0.15, 0.2) is 18.2 Å². The van der Waals surface area contributed by atoms with Crippen molar-refractivity contribution in [1.29, 1.82) is 0 Å². The van der Waals surface area contributed by atoms with Gasteiger partial charge in [0, 0.05) is 0 Å². The molecule has 9 heteroatoms. The van der Waals surface area contributed by atoms with E-state index in [4.69, 9.17) is 28.3 Å². The molecule has 0 fully saturated rings. The van der Waals surface area contributed by atoms with Crippen LogP contribution in [-0.2, 0) is 14.3 Å². The van der Waals surface area contributed by atoms with Crippen LogP contribution in [0.5, 0.6) is 0 Å². The Labute approximate surface area is 123 Å². The predicted molar refractivity (Wildman–Crippen MR) is 72.1 cm³/mol. The van der Waals surface area contributed by atoms with Crippen LogP contribution in [-0.4, -0.2) is 36.2 Å². The summed E-state index contributed by atoms with van der Waals surface area (Å²) in [7, 11) is 0. The summed E-state index contributed by atoms with van der Waals surface area (Å²) >= 11 is 11.6. The summed E-state index contributed by atoms with van der Waals surface area (Å²) in [4.78, 5) is 32.8. The number of carboxylic acid groups (broad SMARTS) is 1. The lowest BCUT2D eigenvalue weighted by molar-refractivity contribution is -0.143. The van der Waals surface area contributed by atoms with Crippen molar-refractivity contribution in [3.63, 3.8) is 0 Å². The molecular formula is C11H10Cl2N2O5. The van der Waals surface area contributed by atoms with Gasteiger partial charge in [-0.1, -0.05) is 29.3 Å². The van der Waals surface area contributed by atoms with Crippen LogP contribution in [0.1, 0.15) is 0 Å². The first-order valence-corrected chi connectivity index (χ1v) is 6.00. The fraction of sp³-hybridized carbons (Fsp3) is 0.182. The average molecular weight is 321 g/mol. The van der Waals surface area contributed by atoms with E-state index in [1.54, 1.807) is 6.07 Å². The maximum atomic E-state index is 11.5. The highest BCUT2D eigenvalue weighted by atomic mass is 35.5. The zero-order chi connectivity index (χ0) is 15.1. The molecule has 0 bridgehead atoms. The van der Waals surface area contributed by atoms with E-state index in [9.17, 15) is 14.4 Å². The van der Waals surface area contributed by atoms with Crippen molar-refractivity contribution >= 4 is 46.8 Å². The number of rotatable bonds is 5. The van der Waals surface area contributed by atoms with Crippen LogP contribution in [0.25, 0.3) is 0 Å². The van der Waals surface area contributed by atoms with Gasteiger partial charge in [0.15, 0.2) is 0 Å². The number of imide groups is 1. The number of nitrogens with one attached hydrogen (secondary N) is 2. The van der Waals surface area contributed by atoms with Gasteiger partial charge < -0.3 is 15.2 Å². The fourth-order valence-corrected chi connectivity index (χ4v) is 1.50. The third-order valence-electron chi connectivity index (χ3n) is 1.91. The molecule has 0 aliphatic carbocycles. The summed E-state index contributed by atoms with van der Waals surface area (Å²) in [5, 5.41) is 12.9. The summed E-state index contributed by atoms with van der Waals surface area (Å²) in [5.74, 6) is -2.00. The summed E-state index contributed by atoms with van der Waals surface area (Å²) in [6.07, 6.45) is 0. The minimum absolute atomic E-state index is 0.138. The number of benzene rings is 1. The molecule has 0 aromatic heterocycles. The van der Waals surface area contributed by atoms with Gasteiger partial charge in [0.05, 0.1) is 15.7 Å². The van der Waals surface area contributed by atoms with E-state index in [1.807, 2.05) is 5.32 Å². The Balaban J connectivity index is 2.45. The van der Waals surface area contributed by atoms with Crippen LogP contribution in [0.4, 0.5) is 10.5 Å². The first kappa shape index (κ1) is 16.2. The molecule has 1 aromatic carbocycles. The molecule has 0 spiro atoms. The van der Waals surface area contributed by atoms with Crippen molar-refractivity contribution in [3.8, 4) is 0 Å². The highest BCUT2D eigenvalue weighted by Gasteiger charge is 2.11. The fourth-order valence-electron chi connectivity index (χ4n) is 1.15. The molecule has 1 rings (SSSR count). The van der Waals surface area contributed by atoms with E-state index in [0.29, 0.717) is 0 Å². The van der Waals surface area contributed by atoms with Crippen molar-refractivity contribution < 1.29 is 24.2 Å². The predicted octanol–water partition coefficient (Wildman–Crippen LogP) is 1.74. The second-order valence-corrected chi connectivity index (χ2v) is 4.28. The van der Waals surface area contributed by atoms with Crippen LogP contribution in [0.3, 0.4) is 0 Å². The Morgan fingerprint density at radius 2 is 1.90 bits per heavy atom. The molecule has 108 valence electrons. The average Bonchev–Trinajstić information content (AvgIpc) is 2.34. The molecule has 0 heterocycles. The van der Waals surface area contributed by atoms with Crippen LogP contribution < -0.4 is 10.6 Å². The molecule has 7 nitrogen and oxygen atoms in total. The highest BCUT2D eigenvalue weighted by Crippen LogP contribution is 2.29. The van der Waals surface area contributed by atoms with E-state index < -0.39 is 31.1 Å². The molecular weight excluding hydrogens is 311 g/mol. The zero-order valence-electron chi connectivity index (χ0n) is 9.98. The Morgan fingerprint density at radius 3 is 2.55 bits per heavy atom. The Kier molecular flexibility index (Phi) is 6.23. The number of carbonyl (C=O) groups is 3. The third kappa shape index (κ3) is 5.43. The lowest BCUT2D eigenvalue weighted by atomic mass is 10.3. The molecule has 1 aromatic rings. The lowest BCUT2D eigenvalue weighted by Crippen LogP contribution is -2.37. The van der Waals surface area contributed by atoms with Gasteiger partial charge in [-0.25, -0.2) is 9.59 Å². The number of ether oxygens (including phenoxy) is 1. The maximum absolute atomic E-state index is 11.5. The van der Waals surface area contributed by atoms with Gasteiger partial charge in [0.2, 0.25) is 0 Å². The number of hydrogen-bond donors (Lipinski definition) is 3. The summed E-state index contributed by atoms with van der Waals surface area (Å²) < 4.78 is 4.51. The SMILES string of the molecule is O=C(O)COCC(=O)NC(=O)Nc1cccc(Cl)c1Cl. The third-order valence-corrected chi connectivity index (χ3v) is 2.73. The highest BCUT2D eigenvalue weighted by molar-refractivity contribution is 6.44. The molecule has 0 radical (unpaired) electrons. The molecule has 20 heavy (non-hydrogen) atoms. The van der Waals surface area contributed by atoms with Gasteiger partial charge in [0.25, 0.3) is 5.91 Å². The molecule has 0 aliphatic rings. The van der Waals surface area contributed by atoms with E-state index in [0.717, 1.165) is 0 Å². The van der Waals surface area contributed by atoms with Gasteiger partial charge in [-0.2, -0.15) is 0 Å². The number of urea groups is 1. The second kappa shape index (κ2) is 7.68. The topological polar surface area (TPSA) is 105 Å². The molecule has 3 amide bonds. The van der Waals surface area contributed by atoms with Gasteiger partial charge >= 0.3 is 12.0 Å². The van der Waals surface area contributed by atoms with E-state index in [-0.39, 0.29) is 15.7 Å². The summed E-state index contributed by atoms with van der Waals surface area (Å²) in [6, 6.07) is 3.77. The monoisotopic (exact) mass is 320 g/mol. The molecule has 0 saturated heterocycles. The molecule has 0 aliphatic heterocycles. The van der Waals surface area contributed by atoms with Crippen molar-refractivity contribution in [2.45, 2.75) is 0 Å². The van der Waals surface area contributed by atoms with Crippen LogP contribution in [0, 0.1) is 0 Å². The minimum atomic E-state index is -1.21. The number of carbonyl (C=O) groups excluding carboxylic acids is 2. The smallest absolute Gasteiger partial charge is 0.329 e. The van der Waals surface area contributed by atoms with Gasteiger partial charge in [-0.15, -0.1) is 0 Å².